The van der Waals surface area contributed by atoms with Crippen molar-refractivity contribution < 1.29 is 4.79 Å². The van der Waals surface area contributed by atoms with Gasteiger partial charge < -0.3 is 5.32 Å². The summed E-state index contributed by atoms with van der Waals surface area (Å²) >= 11 is 6.00. The fourth-order valence-corrected chi connectivity index (χ4v) is 4.29. The molecule has 31 heavy (non-hydrogen) atoms. The Bertz CT molecular complexity index is 1020. The van der Waals surface area contributed by atoms with E-state index < -0.39 is 0 Å². The number of piperidine rings is 1. The van der Waals surface area contributed by atoms with E-state index in [0.717, 1.165) is 60.8 Å². The van der Waals surface area contributed by atoms with E-state index in [-0.39, 0.29) is 11.9 Å². The van der Waals surface area contributed by atoms with Crippen LogP contribution in [0.1, 0.15) is 35.5 Å². The summed E-state index contributed by atoms with van der Waals surface area (Å²) in [6.07, 6.45) is 4.10. The minimum absolute atomic E-state index is 0.0602. The van der Waals surface area contributed by atoms with Crippen molar-refractivity contribution in [2.45, 2.75) is 45.7 Å². The molecule has 0 saturated carbocycles. The van der Waals surface area contributed by atoms with E-state index in [1.807, 2.05) is 61.1 Å². The van der Waals surface area contributed by atoms with Gasteiger partial charge in [0.25, 0.3) is 0 Å². The minimum Gasteiger partial charge on any atom is -0.353 e. The topological polar surface area (TPSA) is 63.1 Å². The van der Waals surface area contributed by atoms with Crippen LogP contribution >= 0.6 is 11.6 Å². The molecule has 1 amide bonds. The van der Waals surface area contributed by atoms with Crippen LogP contribution in [0.2, 0.25) is 5.02 Å². The van der Waals surface area contributed by atoms with Crippen LogP contribution in [0.15, 0.2) is 48.7 Å². The molecule has 3 heterocycles. The van der Waals surface area contributed by atoms with Crippen molar-refractivity contribution in [1.82, 2.24) is 25.0 Å². The second kappa shape index (κ2) is 9.62. The van der Waals surface area contributed by atoms with Gasteiger partial charge in [0.05, 0.1) is 23.5 Å². The molecule has 0 unspecified atom stereocenters. The SMILES string of the molecule is Cc1nn(-c2ccc(Cl)cc2)c(C)c1CC(=O)NC1CCN(Cc2ccccn2)CC1. The Morgan fingerprint density at radius 1 is 1.13 bits per heavy atom. The summed E-state index contributed by atoms with van der Waals surface area (Å²) in [6, 6.07) is 13.8. The third-order valence-electron chi connectivity index (χ3n) is 5.91. The number of likely N-dealkylation sites (tertiary alicyclic amines) is 1. The Hall–Kier alpha value is -2.70. The molecule has 6 nitrogen and oxygen atoms in total. The van der Waals surface area contributed by atoms with Crippen LogP contribution in [0.5, 0.6) is 0 Å². The second-order valence-corrected chi connectivity index (χ2v) is 8.59. The van der Waals surface area contributed by atoms with E-state index in [9.17, 15) is 4.79 Å². The third kappa shape index (κ3) is 5.32. The average molecular weight is 438 g/mol. The number of halogens is 1. The van der Waals surface area contributed by atoms with Gasteiger partial charge in [-0.2, -0.15) is 5.10 Å². The van der Waals surface area contributed by atoms with E-state index >= 15 is 0 Å². The van der Waals surface area contributed by atoms with Crippen molar-refractivity contribution in [2.24, 2.45) is 0 Å². The van der Waals surface area contributed by atoms with Gasteiger partial charge in [0.2, 0.25) is 5.91 Å². The monoisotopic (exact) mass is 437 g/mol. The molecule has 3 aromatic rings. The average Bonchev–Trinajstić information content (AvgIpc) is 3.05. The number of amides is 1. The number of hydrogen-bond acceptors (Lipinski definition) is 4. The fraction of sp³-hybridized carbons (Fsp3) is 0.375. The molecule has 1 aromatic carbocycles. The van der Waals surface area contributed by atoms with Crippen LogP contribution in [0.4, 0.5) is 0 Å². The van der Waals surface area contributed by atoms with E-state index in [4.69, 9.17) is 11.6 Å². The maximum Gasteiger partial charge on any atom is 0.224 e. The van der Waals surface area contributed by atoms with E-state index in [1.165, 1.54) is 0 Å². The zero-order valence-electron chi connectivity index (χ0n) is 18.0. The van der Waals surface area contributed by atoms with E-state index in [0.29, 0.717) is 11.4 Å². The zero-order valence-corrected chi connectivity index (χ0v) is 18.8. The summed E-state index contributed by atoms with van der Waals surface area (Å²) in [4.78, 5) is 19.6. The number of aromatic nitrogens is 3. The lowest BCUT2D eigenvalue weighted by Gasteiger charge is -2.32. The predicted molar refractivity (Wildman–Crippen MR) is 122 cm³/mol. The van der Waals surface area contributed by atoms with Crippen LogP contribution in [-0.4, -0.2) is 44.7 Å². The number of benzene rings is 1. The molecule has 1 aliphatic heterocycles. The maximum absolute atomic E-state index is 12.8. The number of carbonyl (C=O) groups excluding carboxylic acids is 1. The lowest BCUT2D eigenvalue weighted by Crippen LogP contribution is -2.44. The zero-order chi connectivity index (χ0) is 21.8. The number of aryl methyl sites for hydroxylation is 1. The Labute approximate surface area is 188 Å². The van der Waals surface area contributed by atoms with Crippen molar-refractivity contribution in [3.63, 3.8) is 0 Å². The first-order valence-corrected chi connectivity index (χ1v) is 11.1. The summed E-state index contributed by atoms with van der Waals surface area (Å²) in [5.41, 5.74) is 4.89. The first-order chi connectivity index (χ1) is 15.0. The smallest absolute Gasteiger partial charge is 0.224 e. The summed E-state index contributed by atoms with van der Waals surface area (Å²) in [5, 5.41) is 8.56. The van der Waals surface area contributed by atoms with Crippen LogP contribution in [0.3, 0.4) is 0 Å². The molecule has 1 N–H and O–H groups in total. The van der Waals surface area contributed by atoms with Crippen molar-refractivity contribution in [1.29, 1.82) is 0 Å². The number of carbonyl (C=O) groups is 1. The van der Waals surface area contributed by atoms with Crippen LogP contribution in [0, 0.1) is 13.8 Å². The number of rotatable bonds is 6. The normalized spacial score (nSPS) is 15.2. The molecule has 2 aromatic heterocycles. The Balaban J connectivity index is 1.32. The molecule has 0 atom stereocenters. The van der Waals surface area contributed by atoms with Crippen molar-refractivity contribution in [3.8, 4) is 5.69 Å². The molecule has 1 saturated heterocycles. The van der Waals surface area contributed by atoms with Gasteiger partial charge in [0.15, 0.2) is 0 Å². The van der Waals surface area contributed by atoms with Crippen LogP contribution in [0.25, 0.3) is 5.69 Å². The summed E-state index contributed by atoms with van der Waals surface area (Å²) in [5.74, 6) is 0.0602. The summed E-state index contributed by atoms with van der Waals surface area (Å²) in [6.45, 7) is 6.76. The largest absolute Gasteiger partial charge is 0.353 e. The number of hydrogen-bond donors (Lipinski definition) is 1. The van der Waals surface area contributed by atoms with Gasteiger partial charge in [-0.3, -0.25) is 14.7 Å². The maximum atomic E-state index is 12.8. The number of nitrogens with one attached hydrogen (secondary N) is 1. The number of pyridine rings is 1. The lowest BCUT2D eigenvalue weighted by molar-refractivity contribution is -0.121. The molecule has 0 spiro atoms. The van der Waals surface area contributed by atoms with Crippen molar-refractivity contribution in [3.05, 3.63) is 76.3 Å². The predicted octanol–water partition coefficient (Wildman–Crippen LogP) is 3.86. The molecule has 0 radical (unpaired) electrons. The van der Waals surface area contributed by atoms with Crippen LogP contribution < -0.4 is 5.32 Å². The minimum atomic E-state index is 0.0602. The van der Waals surface area contributed by atoms with E-state index in [1.54, 1.807) is 0 Å². The Morgan fingerprint density at radius 2 is 1.87 bits per heavy atom. The molecule has 1 fully saturated rings. The molecule has 4 rings (SSSR count). The first kappa shape index (κ1) is 21.5. The van der Waals surface area contributed by atoms with Crippen LogP contribution in [-0.2, 0) is 17.8 Å². The van der Waals surface area contributed by atoms with Gasteiger partial charge in [-0.25, -0.2) is 4.68 Å². The molecule has 1 aliphatic rings. The molecule has 162 valence electrons. The van der Waals surface area contributed by atoms with Crippen molar-refractivity contribution >= 4 is 17.5 Å². The lowest BCUT2D eigenvalue weighted by atomic mass is 10.0. The highest BCUT2D eigenvalue weighted by atomic mass is 35.5. The van der Waals surface area contributed by atoms with Gasteiger partial charge in [0.1, 0.15) is 0 Å². The second-order valence-electron chi connectivity index (χ2n) is 8.15. The van der Waals surface area contributed by atoms with Gasteiger partial charge in [-0.1, -0.05) is 17.7 Å². The summed E-state index contributed by atoms with van der Waals surface area (Å²) in [7, 11) is 0. The Kier molecular flexibility index (Phi) is 6.68. The van der Waals surface area contributed by atoms with E-state index in [2.05, 4.69) is 26.4 Å². The fourth-order valence-electron chi connectivity index (χ4n) is 4.16. The quantitative estimate of drug-likeness (QED) is 0.636. The highest BCUT2D eigenvalue weighted by Crippen LogP contribution is 2.20. The Morgan fingerprint density at radius 3 is 2.55 bits per heavy atom. The third-order valence-corrected chi connectivity index (χ3v) is 6.17. The number of nitrogens with zero attached hydrogens (tertiary/aromatic N) is 4. The highest BCUT2D eigenvalue weighted by Gasteiger charge is 2.22. The van der Waals surface area contributed by atoms with Gasteiger partial charge >= 0.3 is 0 Å². The summed E-state index contributed by atoms with van der Waals surface area (Å²) < 4.78 is 1.88. The van der Waals surface area contributed by atoms with Crippen molar-refractivity contribution in [2.75, 3.05) is 13.1 Å². The standard InChI is InChI=1S/C24H28ClN5O/c1-17-23(18(2)30(28-17)22-8-6-19(25)7-9-22)15-24(31)27-20-10-13-29(14-11-20)16-21-5-3-4-12-26-21/h3-9,12,20H,10-11,13-16H2,1-2H3,(H,27,31). The molecular weight excluding hydrogens is 410 g/mol. The molecule has 7 heteroatoms. The first-order valence-electron chi connectivity index (χ1n) is 10.7. The molecular formula is C24H28ClN5O. The van der Waals surface area contributed by atoms with Gasteiger partial charge in [0, 0.05) is 48.2 Å². The molecule has 0 bridgehead atoms. The highest BCUT2D eigenvalue weighted by molar-refractivity contribution is 6.30. The van der Waals surface area contributed by atoms with Gasteiger partial charge in [-0.15, -0.1) is 0 Å². The molecule has 0 aliphatic carbocycles. The van der Waals surface area contributed by atoms with Gasteiger partial charge in [-0.05, 0) is 63.1 Å².